The highest BCUT2D eigenvalue weighted by Crippen LogP contribution is 2.56. The Morgan fingerprint density at radius 1 is 0.900 bits per heavy atom. The highest BCUT2D eigenvalue weighted by Gasteiger charge is 2.61. The van der Waals surface area contributed by atoms with E-state index in [1.54, 1.807) is 36.4 Å². The number of esters is 1. The molecule has 1 heterocycles. The summed E-state index contributed by atoms with van der Waals surface area (Å²) in [7, 11) is 0. The Morgan fingerprint density at radius 3 is 2.10 bits per heavy atom. The number of ketones is 1. The van der Waals surface area contributed by atoms with Crippen LogP contribution < -0.4 is 9.64 Å². The maximum Gasteiger partial charge on any atom is 0.343 e. The fourth-order valence-corrected chi connectivity index (χ4v) is 5.42. The fourth-order valence-electron chi connectivity index (χ4n) is 5.42. The van der Waals surface area contributed by atoms with Crippen molar-refractivity contribution in [3.8, 4) is 5.75 Å². The van der Waals surface area contributed by atoms with Gasteiger partial charge in [-0.3, -0.25) is 19.3 Å². The first-order valence-corrected chi connectivity index (χ1v) is 10.3. The predicted octanol–water partition coefficient (Wildman–Crippen LogP) is 3.64. The van der Waals surface area contributed by atoms with E-state index in [1.165, 1.54) is 24.0 Å². The summed E-state index contributed by atoms with van der Waals surface area (Å²) in [6.45, 7) is 1.41. The van der Waals surface area contributed by atoms with Crippen LogP contribution in [0.2, 0.25) is 0 Å². The molecular formula is C24H21NO5. The van der Waals surface area contributed by atoms with Gasteiger partial charge in [0, 0.05) is 0 Å². The van der Waals surface area contributed by atoms with E-state index >= 15 is 0 Å². The number of Topliss-reactive ketones (excluding diaryl/α,β-unsaturated/α-hetero) is 1. The lowest BCUT2D eigenvalue weighted by Gasteiger charge is -2.19. The standard InChI is InChI=1S/C24H21NO5/c1-13(26)18-4-2-3-5-19(18)30-24(29)14-8-10-17(11-9-14)25-22(27)20-15-6-7-16(12-15)21(20)23(25)28/h2-5,8-11,15-16,20-21H,6-7,12H2,1H3/t15-,16+,20-,21+. The van der Waals surface area contributed by atoms with Crippen LogP contribution in [0.1, 0.15) is 46.9 Å². The van der Waals surface area contributed by atoms with Crippen molar-refractivity contribution in [1.29, 1.82) is 0 Å². The summed E-state index contributed by atoms with van der Waals surface area (Å²) in [6, 6.07) is 12.8. The minimum Gasteiger partial charge on any atom is -0.422 e. The summed E-state index contributed by atoms with van der Waals surface area (Å²) < 4.78 is 5.39. The number of fused-ring (bicyclic) bond motifs is 5. The number of carbonyl (C=O) groups is 4. The highest BCUT2D eigenvalue weighted by atomic mass is 16.5. The molecule has 152 valence electrons. The predicted molar refractivity (Wildman–Crippen MR) is 108 cm³/mol. The van der Waals surface area contributed by atoms with Gasteiger partial charge in [0.2, 0.25) is 11.8 Å². The number of carbonyl (C=O) groups excluding carboxylic acids is 4. The molecule has 2 amide bonds. The molecule has 30 heavy (non-hydrogen) atoms. The fraction of sp³-hybridized carbons (Fsp3) is 0.333. The molecule has 0 radical (unpaired) electrons. The Labute approximate surface area is 173 Å². The third kappa shape index (κ3) is 2.78. The molecule has 4 atom stereocenters. The smallest absolute Gasteiger partial charge is 0.343 e. The molecule has 0 spiro atoms. The van der Waals surface area contributed by atoms with Crippen molar-refractivity contribution < 1.29 is 23.9 Å². The van der Waals surface area contributed by atoms with Gasteiger partial charge < -0.3 is 4.74 Å². The summed E-state index contributed by atoms with van der Waals surface area (Å²) in [5, 5.41) is 0. The van der Waals surface area contributed by atoms with Gasteiger partial charge in [-0.15, -0.1) is 0 Å². The Hall–Kier alpha value is -3.28. The first-order chi connectivity index (χ1) is 14.5. The molecule has 2 saturated carbocycles. The molecule has 2 aromatic rings. The summed E-state index contributed by atoms with van der Waals surface area (Å²) in [5.41, 5.74) is 1.09. The highest BCUT2D eigenvalue weighted by molar-refractivity contribution is 6.22. The molecule has 6 nitrogen and oxygen atoms in total. The Bertz CT molecular complexity index is 1050. The van der Waals surface area contributed by atoms with Crippen LogP contribution in [0.4, 0.5) is 5.69 Å². The second kappa shape index (κ2) is 6.90. The van der Waals surface area contributed by atoms with Crippen LogP contribution in [0, 0.1) is 23.7 Å². The van der Waals surface area contributed by atoms with E-state index in [0.717, 1.165) is 19.3 Å². The van der Waals surface area contributed by atoms with E-state index in [9.17, 15) is 19.2 Å². The van der Waals surface area contributed by atoms with Crippen LogP contribution >= 0.6 is 0 Å². The Morgan fingerprint density at radius 2 is 1.50 bits per heavy atom. The molecule has 2 aliphatic carbocycles. The average molecular weight is 403 g/mol. The average Bonchev–Trinajstić information content (AvgIpc) is 3.42. The maximum absolute atomic E-state index is 12.9. The van der Waals surface area contributed by atoms with E-state index in [0.29, 0.717) is 23.1 Å². The van der Waals surface area contributed by atoms with Gasteiger partial charge in [-0.2, -0.15) is 0 Å². The minimum absolute atomic E-state index is 0.108. The summed E-state index contributed by atoms with van der Waals surface area (Å²) in [6.07, 6.45) is 3.06. The van der Waals surface area contributed by atoms with Crippen LogP contribution in [-0.4, -0.2) is 23.6 Å². The molecule has 2 aromatic carbocycles. The first kappa shape index (κ1) is 18.7. The third-order valence-electron chi connectivity index (χ3n) is 6.76. The SMILES string of the molecule is CC(=O)c1ccccc1OC(=O)c1ccc(N2C(=O)[C@@H]3[C@@H]4CC[C@@H](C4)[C@@H]3C2=O)cc1. The van der Waals surface area contributed by atoms with Gasteiger partial charge in [-0.1, -0.05) is 12.1 Å². The second-order valence-corrected chi connectivity index (χ2v) is 8.39. The third-order valence-corrected chi connectivity index (χ3v) is 6.76. The van der Waals surface area contributed by atoms with Gasteiger partial charge in [-0.25, -0.2) is 4.79 Å². The van der Waals surface area contributed by atoms with Crippen LogP contribution in [0.5, 0.6) is 5.75 Å². The molecule has 1 aliphatic heterocycles. The molecule has 3 aliphatic rings. The normalized spacial score (nSPS) is 26.8. The van der Waals surface area contributed by atoms with Crippen LogP contribution in [0.3, 0.4) is 0 Å². The lowest BCUT2D eigenvalue weighted by molar-refractivity contribution is -0.123. The largest absolute Gasteiger partial charge is 0.422 e. The Kier molecular flexibility index (Phi) is 4.31. The molecule has 3 fully saturated rings. The molecule has 0 unspecified atom stereocenters. The number of benzene rings is 2. The number of imide groups is 1. The number of anilines is 1. The number of nitrogens with zero attached hydrogens (tertiary/aromatic N) is 1. The topological polar surface area (TPSA) is 80.8 Å². The number of para-hydroxylation sites is 1. The number of hydrogen-bond donors (Lipinski definition) is 0. The van der Waals surface area contributed by atoms with Crippen molar-refractivity contribution >= 4 is 29.3 Å². The van der Waals surface area contributed by atoms with Crippen LogP contribution in [0.25, 0.3) is 0 Å². The van der Waals surface area contributed by atoms with E-state index in [2.05, 4.69) is 0 Å². The van der Waals surface area contributed by atoms with Gasteiger partial charge in [0.1, 0.15) is 5.75 Å². The van der Waals surface area contributed by atoms with Gasteiger partial charge in [0.25, 0.3) is 0 Å². The molecule has 5 rings (SSSR count). The van der Waals surface area contributed by atoms with E-state index < -0.39 is 5.97 Å². The van der Waals surface area contributed by atoms with Crippen LogP contribution in [0.15, 0.2) is 48.5 Å². The quantitative estimate of drug-likeness (QED) is 0.337. The van der Waals surface area contributed by atoms with Crippen LogP contribution in [-0.2, 0) is 9.59 Å². The summed E-state index contributed by atoms with van der Waals surface area (Å²) in [5.74, 6) is -0.510. The monoisotopic (exact) mass is 403 g/mol. The van der Waals surface area contributed by atoms with Gasteiger partial charge in [-0.05, 0) is 74.4 Å². The van der Waals surface area contributed by atoms with Crippen molar-refractivity contribution in [3.05, 3.63) is 59.7 Å². The molecule has 6 heteroatoms. The lowest BCUT2D eigenvalue weighted by atomic mass is 9.81. The Balaban J connectivity index is 1.35. The molecule has 1 saturated heterocycles. The number of rotatable bonds is 4. The van der Waals surface area contributed by atoms with Crippen molar-refractivity contribution in [2.75, 3.05) is 4.90 Å². The second-order valence-electron chi connectivity index (χ2n) is 8.39. The van der Waals surface area contributed by atoms with Crippen molar-refractivity contribution in [2.24, 2.45) is 23.7 Å². The van der Waals surface area contributed by atoms with Gasteiger partial charge in [0.15, 0.2) is 5.78 Å². The van der Waals surface area contributed by atoms with Crippen molar-refractivity contribution in [2.45, 2.75) is 26.2 Å². The summed E-state index contributed by atoms with van der Waals surface area (Å²) in [4.78, 5) is 51.4. The molecule has 0 N–H and O–H groups in total. The minimum atomic E-state index is -0.607. The maximum atomic E-state index is 12.9. The van der Waals surface area contributed by atoms with E-state index in [-0.39, 0.29) is 40.7 Å². The summed E-state index contributed by atoms with van der Waals surface area (Å²) >= 11 is 0. The molecular weight excluding hydrogens is 382 g/mol. The zero-order valence-electron chi connectivity index (χ0n) is 16.5. The molecule has 0 aromatic heterocycles. The van der Waals surface area contributed by atoms with Crippen molar-refractivity contribution in [1.82, 2.24) is 0 Å². The van der Waals surface area contributed by atoms with Gasteiger partial charge >= 0.3 is 5.97 Å². The number of amides is 2. The number of hydrogen-bond acceptors (Lipinski definition) is 5. The first-order valence-electron chi connectivity index (χ1n) is 10.3. The van der Waals surface area contributed by atoms with Crippen molar-refractivity contribution in [3.63, 3.8) is 0 Å². The zero-order valence-corrected chi connectivity index (χ0v) is 16.5. The lowest BCUT2D eigenvalue weighted by Crippen LogP contribution is -2.32. The van der Waals surface area contributed by atoms with E-state index in [4.69, 9.17) is 4.74 Å². The molecule has 2 bridgehead atoms. The number of ether oxygens (including phenoxy) is 1. The zero-order chi connectivity index (χ0) is 21.0. The van der Waals surface area contributed by atoms with E-state index in [1.807, 2.05) is 0 Å². The van der Waals surface area contributed by atoms with Gasteiger partial charge in [0.05, 0.1) is 28.7 Å².